The molecule has 0 aliphatic carbocycles. The molecule has 5 rings (SSSR count). The Bertz CT molecular complexity index is 1540. The van der Waals surface area contributed by atoms with Crippen molar-refractivity contribution in [3.63, 3.8) is 0 Å². The van der Waals surface area contributed by atoms with Crippen molar-refractivity contribution in [3.8, 4) is 22.0 Å². The second kappa shape index (κ2) is 7.85. The Morgan fingerprint density at radius 3 is 2.59 bits per heavy atom. The maximum Gasteiger partial charge on any atom is 0.262 e. The van der Waals surface area contributed by atoms with Crippen molar-refractivity contribution in [3.05, 3.63) is 83.2 Å². The predicted molar refractivity (Wildman–Crippen MR) is 126 cm³/mol. The van der Waals surface area contributed by atoms with E-state index in [2.05, 4.69) is 14.9 Å². The molecule has 7 nitrogen and oxygen atoms in total. The topological polar surface area (TPSA) is 89.2 Å². The number of hydrogen-bond acceptors (Lipinski definition) is 6. The lowest BCUT2D eigenvalue weighted by Crippen LogP contribution is -2.14. The molecule has 0 saturated carbocycles. The lowest BCUT2D eigenvalue weighted by molar-refractivity contribution is 0.600. The van der Waals surface area contributed by atoms with Gasteiger partial charge in [-0.25, -0.2) is 8.42 Å². The maximum absolute atomic E-state index is 13.0. The zero-order valence-corrected chi connectivity index (χ0v) is 19.0. The molecule has 0 spiro atoms. The third-order valence-electron chi connectivity index (χ3n) is 5.03. The minimum atomic E-state index is -3.72. The molecule has 0 amide bonds. The molecule has 3 aromatic heterocycles. The molecule has 0 saturated heterocycles. The molecule has 0 fully saturated rings. The molecule has 0 aliphatic rings. The standard InChI is InChI=1S/C23H19N5O2S2/c1-15-8-10-21(16(2)13-15)32(29,30)27-18-6-3-5-17(14-18)19-9-11-22-24-25-23(28(22)26-19)20-7-4-12-31-20/h3-14,27H,1-2H3. The molecule has 3 heterocycles. The summed E-state index contributed by atoms with van der Waals surface area (Å²) in [6.45, 7) is 3.73. The number of sulfonamides is 1. The van der Waals surface area contributed by atoms with E-state index in [1.54, 1.807) is 53.1 Å². The van der Waals surface area contributed by atoms with Gasteiger partial charge >= 0.3 is 0 Å². The predicted octanol–water partition coefficient (Wildman–Crippen LogP) is 4.94. The molecular weight excluding hydrogens is 442 g/mol. The van der Waals surface area contributed by atoms with Crippen LogP contribution in [0, 0.1) is 13.8 Å². The van der Waals surface area contributed by atoms with Crippen molar-refractivity contribution >= 4 is 32.7 Å². The molecule has 2 aromatic carbocycles. The normalized spacial score (nSPS) is 11.7. The SMILES string of the molecule is Cc1ccc(S(=O)(=O)Nc2cccc(-c3ccc4nnc(-c5cccs5)n4n3)c2)c(C)c1. The van der Waals surface area contributed by atoms with Crippen LogP contribution in [0.2, 0.25) is 0 Å². The van der Waals surface area contributed by atoms with Gasteiger partial charge in [0.2, 0.25) is 0 Å². The molecular formula is C23H19N5O2S2. The summed E-state index contributed by atoms with van der Waals surface area (Å²) in [6.07, 6.45) is 0. The molecule has 160 valence electrons. The average molecular weight is 462 g/mol. The number of hydrogen-bond donors (Lipinski definition) is 1. The molecule has 1 N–H and O–H groups in total. The summed E-state index contributed by atoms with van der Waals surface area (Å²) in [6, 6.07) is 20.1. The maximum atomic E-state index is 13.0. The summed E-state index contributed by atoms with van der Waals surface area (Å²) in [5, 5.41) is 15.1. The quantitative estimate of drug-likeness (QED) is 0.401. The Hall–Kier alpha value is -3.56. The monoisotopic (exact) mass is 461 g/mol. The third kappa shape index (κ3) is 3.76. The lowest BCUT2D eigenvalue weighted by Gasteiger charge is -2.12. The Morgan fingerprint density at radius 1 is 0.938 bits per heavy atom. The van der Waals surface area contributed by atoms with Crippen molar-refractivity contribution in [1.82, 2.24) is 19.8 Å². The molecule has 0 aliphatic heterocycles. The van der Waals surface area contributed by atoms with E-state index in [1.807, 2.05) is 48.7 Å². The molecule has 0 unspecified atom stereocenters. The van der Waals surface area contributed by atoms with Gasteiger partial charge in [-0.1, -0.05) is 35.9 Å². The summed E-state index contributed by atoms with van der Waals surface area (Å²) in [4.78, 5) is 1.23. The Balaban J connectivity index is 1.50. The van der Waals surface area contributed by atoms with Crippen molar-refractivity contribution < 1.29 is 8.42 Å². The van der Waals surface area contributed by atoms with E-state index in [0.29, 0.717) is 28.4 Å². The zero-order valence-electron chi connectivity index (χ0n) is 17.4. The molecule has 0 bridgehead atoms. The van der Waals surface area contributed by atoms with Gasteiger partial charge in [-0.05, 0) is 61.2 Å². The first kappa shape index (κ1) is 20.3. The minimum absolute atomic E-state index is 0.262. The smallest absolute Gasteiger partial charge is 0.262 e. The van der Waals surface area contributed by atoms with E-state index in [-0.39, 0.29) is 4.90 Å². The summed E-state index contributed by atoms with van der Waals surface area (Å²) >= 11 is 1.57. The highest BCUT2D eigenvalue weighted by atomic mass is 32.2. The van der Waals surface area contributed by atoms with Gasteiger partial charge in [-0.2, -0.15) is 9.61 Å². The highest BCUT2D eigenvalue weighted by Gasteiger charge is 2.17. The van der Waals surface area contributed by atoms with Gasteiger partial charge in [0.25, 0.3) is 10.0 Å². The van der Waals surface area contributed by atoms with Gasteiger partial charge in [-0.15, -0.1) is 21.5 Å². The van der Waals surface area contributed by atoms with E-state index in [0.717, 1.165) is 16.0 Å². The van der Waals surface area contributed by atoms with E-state index in [4.69, 9.17) is 5.10 Å². The first-order valence-electron chi connectivity index (χ1n) is 9.87. The van der Waals surface area contributed by atoms with Crippen molar-refractivity contribution in [1.29, 1.82) is 0 Å². The molecule has 5 aromatic rings. The van der Waals surface area contributed by atoms with Gasteiger partial charge < -0.3 is 0 Å². The Morgan fingerprint density at radius 2 is 1.81 bits per heavy atom. The van der Waals surface area contributed by atoms with Gasteiger partial charge in [0.15, 0.2) is 11.5 Å². The number of anilines is 1. The summed E-state index contributed by atoms with van der Waals surface area (Å²) in [5.41, 5.74) is 4.28. The molecule has 32 heavy (non-hydrogen) atoms. The number of fused-ring (bicyclic) bond motifs is 1. The van der Waals surface area contributed by atoms with Gasteiger partial charge in [0.1, 0.15) is 0 Å². The van der Waals surface area contributed by atoms with Crippen molar-refractivity contribution in [2.24, 2.45) is 0 Å². The van der Waals surface area contributed by atoms with E-state index < -0.39 is 10.0 Å². The number of nitrogens with zero attached hydrogens (tertiary/aromatic N) is 4. The average Bonchev–Trinajstić information content (AvgIpc) is 3.42. The van der Waals surface area contributed by atoms with E-state index >= 15 is 0 Å². The third-order valence-corrected chi connectivity index (χ3v) is 7.44. The number of rotatable bonds is 5. The number of aryl methyl sites for hydroxylation is 2. The van der Waals surface area contributed by atoms with Crippen LogP contribution in [-0.2, 0) is 10.0 Å². The fraction of sp³-hybridized carbons (Fsp3) is 0.0870. The fourth-order valence-electron chi connectivity index (χ4n) is 3.56. The Kier molecular flexibility index (Phi) is 4.99. The van der Waals surface area contributed by atoms with Gasteiger partial charge in [0, 0.05) is 11.3 Å². The number of aromatic nitrogens is 4. The van der Waals surface area contributed by atoms with Crippen LogP contribution < -0.4 is 4.72 Å². The van der Waals surface area contributed by atoms with E-state index in [1.165, 1.54) is 0 Å². The van der Waals surface area contributed by atoms with Crippen LogP contribution in [0.4, 0.5) is 5.69 Å². The summed E-state index contributed by atoms with van der Waals surface area (Å²) in [5.74, 6) is 0.670. The molecule has 9 heteroatoms. The Labute approximate surface area is 189 Å². The fourth-order valence-corrected chi connectivity index (χ4v) is 5.53. The lowest BCUT2D eigenvalue weighted by atomic mass is 10.1. The van der Waals surface area contributed by atoms with Crippen LogP contribution in [0.25, 0.3) is 27.6 Å². The van der Waals surface area contributed by atoms with Gasteiger partial charge in [0.05, 0.1) is 15.5 Å². The summed E-state index contributed by atoms with van der Waals surface area (Å²) in [7, 11) is -3.72. The highest BCUT2D eigenvalue weighted by Crippen LogP contribution is 2.27. The van der Waals surface area contributed by atoms with Crippen LogP contribution >= 0.6 is 11.3 Å². The largest absolute Gasteiger partial charge is 0.280 e. The van der Waals surface area contributed by atoms with Crippen molar-refractivity contribution in [2.75, 3.05) is 4.72 Å². The van der Waals surface area contributed by atoms with Crippen LogP contribution in [-0.4, -0.2) is 28.2 Å². The zero-order chi connectivity index (χ0) is 22.3. The van der Waals surface area contributed by atoms with Crippen LogP contribution in [0.15, 0.2) is 77.0 Å². The number of benzene rings is 2. The second-order valence-corrected chi connectivity index (χ2v) is 10.0. The number of thiophene rings is 1. The summed E-state index contributed by atoms with van der Waals surface area (Å²) < 4.78 is 30.3. The van der Waals surface area contributed by atoms with Gasteiger partial charge in [-0.3, -0.25) is 4.72 Å². The molecule has 0 radical (unpaired) electrons. The van der Waals surface area contributed by atoms with Crippen LogP contribution in [0.1, 0.15) is 11.1 Å². The first-order valence-corrected chi connectivity index (χ1v) is 12.2. The second-order valence-electron chi connectivity index (χ2n) is 7.44. The van der Waals surface area contributed by atoms with Crippen molar-refractivity contribution in [2.45, 2.75) is 18.7 Å². The highest BCUT2D eigenvalue weighted by molar-refractivity contribution is 7.92. The van der Waals surface area contributed by atoms with Crippen LogP contribution in [0.5, 0.6) is 0 Å². The van der Waals surface area contributed by atoms with Crippen LogP contribution in [0.3, 0.4) is 0 Å². The molecule has 0 atom stereocenters. The first-order chi connectivity index (χ1) is 15.4. The van der Waals surface area contributed by atoms with E-state index in [9.17, 15) is 8.42 Å². The number of nitrogens with one attached hydrogen (secondary N) is 1. The minimum Gasteiger partial charge on any atom is -0.280 e.